The molecule has 0 saturated carbocycles. The third-order valence-corrected chi connectivity index (χ3v) is 4.16. The maximum atomic E-state index is 11.5. The molecule has 0 amide bonds. The number of rotatable bonds is 10. The minimum absolute atomic E-state index is 0.00228. The molecule has 0 bridgehead atoms. The molecule has 6 nitrogen and oxygen atoms in total. The van der Waals surface area contributed by atoms with Crippen molar-refractivity contribution < 1.29 is 19.1 Å². The van der Waals surface area contributed by atoms with Crippen LogP contribution in [0.25, 0.3) is 0 Å². The first-order valence-electron chi connectivity index (χ1n) is 10.1. The minimum Gasteiger partial charge on any atom is -0.492 e. The summed E-state index contributed by atoms with van der Waals surface area (Å²) in [6.07, 6.45) is 0. The Kier molecular flexibility index (Phi) is 11.4. The van der Waals surface area contributed by atoms with Gasteiger partial charge in [-0.25, -0.2) is 0 Å². The van der Waals surface area contributed by atoms with Crippen LogP contribution in [0.4, 0.5) is 0 Å². The molecule has 0 spiro atoms. The number of benzene rings is 2. The van der Waals surface area contributed by atoms with Gasteiger partial charge in [0, 0.05) is 30.3 Å². The summed E-state index contributed by atoms with van der Waals surface area (Å²) in [5, 5.41) is 6.00. The summed E-state index contributed by atoms with van der Waals surface area (Å²) in [5.74, 6) is 1.44. The van der Waals surface area contributed by atoms with Crippen molar-refractivity contribution in [2.24, 2.45) is 0 Å². The van der Waals surface area contributed by atoms with E-state index >= 15 is 0 Å². The second kappa shape index (κ2) is 13.5. The molecule has 2 aromatic carbocycles. The fraction of sp³-hybridized carbons (Fsp3) is 0.417. The smallest absolute Gasteiger partial charge is 0.160 e. The van der Waals surface area contributed by atoms with Crippen molar-refractivity contribution in [2.75, 3.05) is 40.4 Å². The Hall–Kier alpha value is -2.70. The first-order valence-corrected chi connectivity index (χ1v) is 10.1. The largest absolute Gasteiger partial charge is 0.492 e. The molecule has 0 radical (unpaired) electrons. The van der Waals surface area contributed by atoms with E-state index in [0.29, 0.717) is 30.3 Å². The Morgan fingerprint density at radius 2 is 1.10 bits per heavy atom. The van der Waals surface area contributed by atoms with E-state index in [2.05, 4.69) is 16.7 Å². The van der Waals surface area contributed by atoms with Crippen molar-refractivity contribution in [1.29, 1.82) is 0 Å². The number of carbonyl (C=O) groups excluding carboxylic acids is 2. The van der Waals surface area contributed by atoms with Gasteiger partial charge in [0.1, 0.15) is 24.7 Å². The van der Waals surface area contributed by atoms with Gasteiger partial charge in [0.05, 0.1) is 0 Å². The number of hydrogen-bond acceptors (Lipinski definition) is 6. The lowest BCUT2D eigenvalue weighted by atomic mass is 10.1. The SMILES string of the molecule is CC(=O)c1cc(C)cc(C)c1.CNCCOc1cc(OCCNC)cc(C(C)=O)c1. The number of ketones is 2. The van der Waals surface area contributed by atoms with Crippen molar-refractivity contribution in [1.82, 2.24) is 10.6 Å². The molecular weight excluding hydrogens is 380 g/mol. The first kappa shape index (κ1) is 25.3. The molecule has 0 saturated heterocycles. The monoisotopic (exact) mass is 414 g/mol. The number of hydrogen-bond donors (Lipinski definition) is 2. The zero-order chi connectivity index (χ0) is 22.5. The van der Waals surface area contributed by atoms with Gasteiger partial charge in [-0.05, 0) is 66.1 Å². The van der Waals surface area contributed by atoms with Crippen molar-refractivity contribution >= 4 is 11.6 Å². The molecule has 0 aliphatic rings. The zero-order valence-corrected chi connectivity index (χ0v) is 18.9. The van der Waals surface area contributed by atoms with E-state index in [1.165, 1.54) is 6.92 Å². The van der Waals surface area contributed by atoms with Gasteiger partial charge in [-0.1, -0.05) is 17.2 Å². The molecule has 2 aromatic rings. The Morgan fingerprint density at radius 3 is 1.47 bits per heavy atom. The first-order chi connectivity index (χ1) is 14.3. The van der Waals surface area contributed by atoms with Crippen molar-refractivity contribution in [3.63, 3.8) is 0 Å². The Labute approximate surface area is 180 Å². The van der Waals surface area contributed by atoms with E-state index in [9.17, 15) is 9.59 Å². The summed E-state index contributed by atoms with van der Waals surface area (Å²) in [4.78, 5) is 22.4. The summed E-state index contributed by atoms with van der Waals surface area (Å²) < 4.78 is 11.1. The van der Waals surface area contributed by atoms with E-state index in [1.54, 1.807) is 25.1 Å². The van der Waals surface area contributed by atoms with Crippen LogP contribution < -0.4 is 20.1 Å². The molecule has 164 valence electrons. The maximum Gasteiger partial charge on any atom is 0.160 e. The molecule has 0 aliphatic carbocycles. The second-order valence-electron chi connectivity index (χ2n) is 7.09. The second-order valence-corrected chi connectivity index (χ2v) is 7.09. The molecule has 0 heterocycles. The Morgan fingerprint density at radius 1 is 0.700 bits per heavy atom. The average molecular weight is 415 g/mol. The van der Waals surface area contributed by atoms with E-state index in [0.717, 1.165) is 29.8 Å². The zero-order valence-electron chi connectivity index (χ0n) is 18.9. The Balaban J connectivity index is 0.000000346. The highest BCUT2D eigenvalue weighted by atomic mass is 16.5. The van der Waals surface area contributed by atoms with Gasteiger partial charge in [-0.15, -0.1) is 0 Å². The van der Waals surface area contributed by atoms with Gasteiger partial charge in [0.15, 0.2) is 11.6 Å². The van der Waals surface area contributed by atoms with E-state index in [4.69, 9.17) is 9.47 Å². The fourth-order valence-corrected chi connectivity index (χ4v) is 2.66. The lowest BCUT2D eigenvalue weighted by Gasteiger charge is -2.11. The van der Waals surface area contributed by atoms with Crippen molar-refractivity contribution in [3.05, 3.63) is 58.7 Å². The van der Waals surface area contributed by atoms with Crippen LogP contribution in [0.3, 0.4) is 0 Å². The lowest BCUT2D eigenvalue weighted by Crippen LogP contribution is -2.17. The van der Waals surface area contributed by atoms with Crippen LogP contribution >= 0.6 is 0 Å². The quantitative estimate of drug-likeness (QED) is 0.457. The molecule has 0 aromatic heterocycles. The highest BCUT2D eigenvalue weighted by Gasteiger charge is 2.07. The number of Topliss-reactive ketones (excluding diaryl/α,β-unsaturated/α-hetero) is 2. The van der Waals surface area contributed by atoms with Crippen molar-refractivity contribution in [2.45, 2.75) is 27.7 Å². The van der Waals surface area contributed by atoms with Gasteiger partial charge in [0.2, 0.25) is 0 Å². The molecule has 0 atom stereocenters. The number of aryl methyl sites for hydroxylation is 2. The molecule has 0 unspecified atom stereocenters. The van der Waals surface area contributed by atoms with Crippen LogP contribution in [0.5, 0.6) is 11.5 Å². The summed E-state index contributed by atoms with van der Waals surface area (Å²) in [5.41, 5.74) is 3.70. The number of nitrogens with one attached hydrogen (secondary N) is 2. The van der Waals surface area contributed by atoms with E-state index < -0.39 is 0 Å². The summed E-state index contributed by atoms with van der Waals surface area (Å²) >= 11 is 0. The average Bonchev–Trinajstić information content (AvgIpc) is 2.68. The van der Waals surface area contributed by atoms with Crippen LogP contribution in [0.1, 0.15) is 45.7 Å². The van der Waals surface area contributed by atoms with Gasteiger partial charge in [-0.3, -0.25) is 9.59 Å². The van der Waals surface area contributed by atoms with Crippen LogP contribution in [0.15, 0.2) is 36.4 Å². The van der Waals surface area contributed by atoms with Gasteiger partial charge >= 0.3 is 0 Å². The summed E-state index contributed by atoms with van der Waals surface area (Å²) in [6.45, 7) is 9.72. The number of carbonyl (C=O) groups is 2. The van der Waals surface area contributed by atoms with Crippen LogP contribution in [0, 0.1) is 13.8 Å². The normalized spacial score (nSPS) is 10.1. The van der Waals surface area contributed by atoms with Crippen LogP contribution in [0.2, 0.25) is 0 Å². The maximum absolute atomic E-state index is 11.5. The minimum atomic E-state index is -0.00228. The summed E-state index contributed by atoms with van der Waals surface area (Å²) in [6, 6.07) is 11.2. The molecule has 0 aliphatic heterocycles. The van der Waals surface area contributed by atoms with Crippen LogP contribution in [-0.4, -0.2) is 52.0 Å². The van der Waals surface area contributed by atoms with E-state index in [-0.39, 0.29) is 11.6 Å². The standard InChI is InChI=1S/C14H22N2O3.C10H12O/c1-11(17)12-8-13(18-6-4-15-2)10-14(9-12)19-7-5-16-3;1-7-4-8(2)6-10(5-7)9(3)11/h8-10,15-16H,4-7H2,1-3H3;4-6H,1-3H3. The molecule has 30 heavy (non-hydrogen) atoms. The fourth-order valence-electron chi connectivity index (χ4n) is 2.66. The third-order valence-electron chi connectivity index (χ3n) is 4.16. The number of ether oxygens (including phenoxy) is 2. The lowest BCUT2D eigenvalue weighted by molar-refractivity contribution is 0.100. The third kappa shape index (κ3) is 9.67. The van der Waals surface area contributed by atoms with Crippen LogP contribution in [-0.2, 0) is 0 Å². The molecular formula is C24H34N2O4. The van der Waals surface area contributed by atoms with Gasteiger partial charge in [0.25, 0.3) is 0 Å². The topological polar surface area (TPSA) is 76.7 Å². The Bertz CT molecular complexity index is 785. The highest BCUT2D eigenvalue weighted by Crippen LogP contribution is 2.23. The molecule has 0 fully saturated rings. The van der Waals surface area contributed by atoms with Crippen molar-refractivity contribution in [3.8, 4) is 11.5 Å². The predicted molar refractivity (Wildman–Crippen MR) is 121 cm³/mol. The van der Waals surface area contributed by atoms with E-state index in [1.807, 2.05) is 40.1 Å². The highest BCUT2D eigenvalue weighted by molar-refractivity contribution is 5.95. The van der Waals surface area contributed by atoms with Gasteiger partial charge in [-0.2, -0.15) is 0 Å². The molecule has 2 N–H and O–H groups in total. The van der Waals surface area contributed by atoms with Gasteiger partial charge < -0.3 is 20.1 Å². The molecule has 6 heteroatoms. The molecule has 2 rings (SSSR count). The number of likely N-dealkylation sites (N-methyl/N-ethyl adjacent to an activating group) is 2. The predicted octanol–water partition coefficient (Wildman–Crippen LogP) is 3.59. The summed E-state index contributed by atoms with van der Waals surface area (Å²) in [7, 11) is 3.73.